The molecular weight excluding hydrogens is 410 g/mol. The molecule has 0 bridgehead atoms. The molecule has 0 radical (unpaired) electrons. The van der Waals surface area contributed by atoms with Crippen LogP contribution < -0.4 is 0 Å². The topological polar surface area (TPSA) is 67.9 Å². The lowest BCUT2D eigenvalue weighted by atomic mass is 9.98. The highest BCUT2D eigenvalue weighted by Gasteiger charge is 2.19. The van der Waals surface area contributed by atoms with Crippen LogP contribution in [0.4, 0.5) is 0 Å². The van der Waals surface area contributed by atoms with Crippen molar-refractivity contribution in [2.75, 3.05) is 13.0 Å². The van der Waals surface area contributed by atoms with Crippen molar-refractivity contribution in [1.29, 1.82) is 5.26 Å². The van der Waals surface area contributed by atoms with Crippen LogP contribution in [0.25, 0.3) is 22.2 Å². The van der Waals surface area contributed by atoms with Crippen LogP contribution in [0, 0.1) is 11.3 Å². The van der Waals surface area contributed by atoms with Crippen LogP contribution in [0.15, 0.2) is 66.7 Å². The van der Waals surface area contributed by atoms with Crippen molar-refractivity contribution in [3.63, 3.8) is 0 Å². The van der Waals surface area contributed by atoms with E-state index in [-0.39, 0.29) is 0 Å². The molecule has 154 valence electrons. The molecule has 5 nitrogen and oxygen atoms in total. The third-order valence-electron chi connectivity index (χ3n) is 5.20. The van der Waals surface area contributed by atoms with Gasteiger partial charge in [-0.05, 0) is 34.9 Å². The minimum absolute atomic E-state index is 0.410. The van der Waals surface area contributed by atoms with Crippen molar-refractivity contribution in [3.05, 3.63) is 89.2 Å². The van der Waals surface area contributed by atoms with Crippen molar-refractivity contribution in [2.45, 2.75) is 13.0 Å². The average molecular weight is 430 g/mol. The van der Waals surface area contributed by atoms with Crippen LogP contribution in [0.5, 0.6) is 0 Å². The Morgan fingerprint density at radius 3 is 2.65 bits per heavy atom. The number of benzene rings is 3. The maximum Gasteiger partial charge on any atom is 0.340 e. The molecule has 0 atom stereocenters. The van der Waals surface area contributed by atoms with Gasteiger partial charge >= 0.3 is 5.97 Å². The van der Waals surface area contributed by atoms with E-state index in [1.807, 2.05) is 59.2 Å². The summed E-state index contributed by atoms with van der Waals surface area (Å²) in [5, 5.41) is 9.74. The molecule has 0 amide bonds. The molecular formula is C25H20ClN3O2. The van der Waals surface area contributed by atoms with Crippen LogP contribution in [-0.2, 0) is 17.7 Å². The van der Waals surface area contributed by atoms with Crippen molar-refractivity contribution in [1.82, 2.24) is 9.55 Å². The largest absolute Gasteiger partial charge is 0.465 e. The van der Waals surface area contributed by atoms with Gasteiger partial charge in [-0.2, -0.15) is 5.26 Å². The molecule has 0 aliphatic heterocycles. The molecule has 0 fully saturated rings. The number of methoxy groups -OCH3 is 1. The smallest absolute Gasteiger partial charge is 0.340 e. The van der Waals surface area contributed by atoms with Gasteiger partial charge in [-0.25, -0.2) is 9.78 Å². The standard InChI is InChI=1S/C25H20ClN3O2/c1-31-25(30)21-8-5-9-22-24(21)29(23(28-22)12-13-26)16-17-10-11-20(19(14-17)15-27)18-6-3-2-4-7-18/h2-11,14H,12-13,16H2,1H3. The van der Waals surface area contributed by atoms with Gasteiger partial charge in [-0.3, -0.25) is 0 Å². The lowest BCUT2D eigenvalue weighted by Gasteiger charge is -2.13. The monoisotopic (exact) mass is 429 g/mol. The molecule has 6 heteroatoms. The predicted molar refractivity (Wildman–Crippen MR) is 121 cm³/mol. The molecule has 1 aromatic heterocycles. The molecule has 0 saturated carbocycles. The number of fused-ring (bicyclic) bond motifs is 1. The lowest BCUT2D eigenvalue weighted by Crippen LogP contribution is -2.10. The average Bonchev–Trinajstić information content (AvgIpc) is 3.16. The highest BCUT2D eigenvalue weighted by atomic mass is 35.5. The van der Waals surface area contributed by atoms with Crippen molar-refractivity contribution >= 4 is 28.6 Å². The van der Waals surface area contributed by atoms with E-state index >= 15 is 0 Å². The third kappa shape index (κ3) is 4.03. The van der Waals surface area contributed by atoms with Crippen molar-refractivity contribution in [2.24, 2.45) is 0 Å². The molecule has 0 spiro atoms. The number of nitrogens with zero attached hydrogens (tertiary/aromatic N) is 3. The van der Waals surface area contributed by atoms with Crippen LogP contribution in [0.1, 0.15) is 27.3 Å². The maximum absolute atomic E-state index is 12.4. The molecule has 4 rings (SSSR count). The molecule has 1 heterocycles. The van der Waals surface area contributed by atoms with Gasteiger partial charge in [0, 0.05) is 18.8 Å². The first-order valence-corrected chi connectivity index (χ1v) is 10.4. The summed E-state index contributed by atoms with van der Waals surface area (Å²) >= 11 is 6.02. The highest BCUT2D eigenvalue weighted by molar-refractivity contribution is 6.18. The summed E-state index contributed by atoms with van der Waals surface area (Å²) in [7, 11) is 1.36. The second kappa shape index (κ2) is 9.03. The van der Waals surface area contributed by atoms with Gasteiger partial charge < -0.3 is 9.30 Å². The predicted octanol–water partition coefficient (Wildman–Crippen LogP) is 5.19. The summed E-state index contributed by atoms with van der Waals surface area (Å²) in [6, 6.07) is 23.4. The fourth-order valence-corrected chi connectivity index (χ4v) is 3.96. The number of esters is 1. The molecule has 0 aliphatic rings. The molecule has 0 aliphatic carbocycles. The normalized spacial score (nSPS) is 10.7. The molecule has 31 heavy (non-hydrogen) atoms. The molecule has 0 unspecified atom stereocenters. The zero-order chi connectivity index (χ0) is 21.8. The zero-order valence-electron chi connectivity index (χ0n) is 17.0. The van der Waals surface area contributed by atoms with Gasteiger partial charge in [-0.15, -0.1) is 11.6 Å². The summed E-state index contributed by atoms with van der Waals surface area (Å²) in [6.07, 6.45) is 0.560. The minimum atomic E-state index is -0.415. The van der Waals surface area contributed by atoms with E-state index in [0.717, 1.165) is 22.5 Å². The van der Waals surface area contributed by atoms with Crippen LogP contribution >= 0.6 is 11.6 Å². The SMILES string of the molecule is COC(=O)c1cccc2nc(CCCl)n(Cc3ccc(-c4ccccc4)c(C#N)c3)c12. The Labute approximate surface area is 185 Å². The number of carbonyl (C=O) groups excluding carboxylic acids is 1. The number of nitriles is 1. The van der Waals surface area contributed by atoms with Crippen molar-refractivity contribution < 1.29 is 9.53 Å². The number of rotatable bonds is 6. The quantitative estimate of drug-likeness (QED) is 0.312. The number of imidazole rings is 1. The summed E-state index contributed by atoms with van der Waals surface area (Å²) in [5.41, 5.74) is 5.29. The Bertz CT molecular complexity index is 1290. The second-order valence-electron chi connectivity index (χ2n) is 7.08. The number of halogens is 1. The highest BCUT2D eigenvalue weighted by Crippen LogP contribution is 2.27. The first kappa shape index (κ1) is 20.6. The Kier molecular flexibility index (Phi) is 6.01. The number of hydrogen-bond acceptors (Lipinski definition) is 4. The van der Waals surface area contributed by atoms with E-state index in [4.69, 9.17) is 16.3 Å². The van der Waals surface area contributed by atoms with Crippen LogP contribution in [0.2, 0.25) is 0 Å². The first-order chi connectivity index (χ1) is 15.2. The van der Waals surface area contributed by atoms with Gasteiger partial charge in [0.2, 0.25) is 0 Å². The number of aryl methyl sites for hydroxylation is 1. The Morgan fingerprint density at radius 2 is 1.94 bits per heavy atom. The maximum atomic E-state index is 12.4. The number of aromatic nitrogens is 2. The minimum Gasteiger partial charge on any atom is -0.465 e. The number of carbonyl (C=O) groups is 1. The zero-order valence-corrected chi connectivity index (χ0v) is 17.8. The first-order valence-electron chi connectivity index (χ1n) is 9.87. The van der Waals surface area contributed by atoms with E-state index < -0.39 is 5.97 Å². The van der Waals surface area contributed by atoms with Gasteiger partial charge in [-0.1, -0.05) is 48.5 Å². The molecule has 4 aromatic rings. The number of ether oxygens (including phenoxy) is 1. The van der Waals surface area contributed by atoms with Gasteiger partial charge in [0.1, 0.15) is 5.82 Å². The number of para-hydroxylation sites is 1. The van der Waals surface area contributed by atoms with E-state index in [1.54, 1.807) is 12.1 Å². The van der Waals surface area contributed by atoms with Gasteiger partial charge in [0.15, 0.2) is 0 Å². The molecule has 0 N–H and O–H groups in total. The van der Waals surface area contributed by atoms with Gasteiger partial charge in [0.05, 0.1) is 35.3 Å². The lowest BCUT2D eigenvalue weighted by molar-refractivity contribution is 0.0602. The van der Waals surface area contributed by atoms with E-state index in [1.165, 1.54) is 7.11 Å². The Morgan fingerprint density at radius 1 is 1.13 bits per heavy atom. The summed E-state index contributed by atoms with van der Waals surface area (Å²) in [4.78, 5) is 17.1. The van der Waals surface area contributed by atoms with E-state index in [2.05, 4.69) is 11.1 Å². The number of alkyl halides is 1. The van der Waals surface area contributed by atoms with Crippen LogP contribution in [-0.4, -0.2) is 28.5 Å². The summed E-state index contributed by atoms with van der Waals surface area (Å²) < 4.78 is 6.96. The van der Waals surface area contributed by atoms with E-state index in [9.17, 15) is 10.1 Å². The molecule has 0 saturated heterocycles. The van der Waals surface area contributed by atoms with Crippen molar-refractivity contribution in [3.8, 4) is 17.2 Å². The third-order valence-corrected chi connectivity index (χ3v) is 5.39. The number of hydrogen-bond donors (Lipinski definition) is 0. The summed E-state index contributed by atoms with van der Waals surface area (Å²) in [6.45, 7) is 0.459. The Hall–Kier alpha value is -3.62. The fourth-order valence-electron chi connectivity index (χ4n) is 3.79. The Balaban J connectivity index is 1.82. The van der Waals surface area contributed by atoms with Crippen LogP contribution in [0.3, 0.4) is 0 Å². The second-order valence-corrected chi connectivity index (χ2v) is 7.45. The van der Waals surface area contributed by atoms with E-state index in [0.29, 0.717) is 41.0 Å². The van der Waals surface area contributed by atoms with Gasteiger partial charge in [0.25, 0.3) is 0 Å². The fraction of sp³-hybridized carbons (Fsp3) is 0.160. The summed E-state index contributed by atoms with van der Waals surface area (Å²) in [5.74, 6) is 0.779. The molecule has 3 aromatic carbocycles.